The molecule has 11 rings (SSSR count). The van der Waals surface area contributed by atoms with E-state index < -0.39 is 102 Å². The number of carbonyl (C=O) groups is 8. The number of rotatable bonds is 25. The number of hydrogen-bond acceptors (Lipinski definition) is 21. The number of aliphatic hydroxyl groups is 4. The van der Waals surface area contributed by atoms with Crippen LogP contribution in [0.15, 0.2) is 83.7 Å². The monoisotopic (exact) mass is 1420 g/mol. The van der Waals surface area contributed by atoms with Crippen LogP contribution in [-0.4, -0.2) is 145 Å². The van der Waals surface area contributed by atoms with E-state index in [-0.39, 0.29) is 136 Å². The Labute approximate surface area is 590 Å². The first-order chi connectivity index (χ1) is 49.2. The molecule has 103 heavy (non-hydrogen) atoms. The second-order valence-corrected chi connectivity index (χ2v) is 26.8. The number of carbonyl (C=O) groups excluding carboxylic acids is 7. The molecule has 0 spiro atoms. The number of benzene rings is 4. The van der Waals surface area contributed by atoms with E-state index in [1.54, 1.807) is 25.8 Å². The number of halogens is 1. The quantitative estimate of drug-likeness (QED) is 0.0168. The molecule has 1 aliphatic carbocycles. The lowest BCUT2D eigenvalue weighted by molar-refractivity contribution is -0.271. The Hall–Kier alpha value is -10.4. The number of pyridine rings is 2. The van der Waals surface area contributed by atoms with Crippen LogP contribution in [0.1, 0.15) is 146 Å². The number of alkyl carbamates (subject to hydrolysis) is 1. The number of unbranched alkanes of at least 4 members (excludes halogenated alkanes) is 1. The van der Waals surface area contributed by atoms with Crippen molar-refractivity contribution in [2.75, 3.05) is 25.0 Å². The van der Waals surface area contributed by atoms with Crippen LogP contribution in [0.4, 0.5) is 14.9 Å². The number of nitrogens with zero attached hydrogens (tertiary/aromatic N) is 4. The standard InChI is InChI=1S/C73H84FN11O18/c1-6-73(99)46-28-52-61-44(33-85(52)68(94)45(46)35-100-71(73)97)59-48(22-21-41-37(4)47(74)29-49(81-61)58(41)59)82-72(98)101-34-38-20-23-53(102-70-65(92)63(90)64(91)66(103-70)69(95)96)40(27-38)30-78-55(87)25-26-77-67(93)50(31-79-54(86)24-19-36(2)3)80-56(88)17-11-12-18-57(89)84-32-39-13-7-8-14-42(39)60(75)62(83(5)76)43-15-9-10-16-51(43)84/h7-10,13-16,20,23,27-29,36,48,50,63-66,70,90-92,99H,6,11-12,17-19,21-22,24-26,30-35,75-76H2,1-5H3,(H,77,93)(H,78,87)(H,79,86)(H,80,88)(H,82,98)(H,95,96)/b62-60-. The van der Waals surface area contributed by atoms with Crippen molar-refractivity contribution in [3.8, 4) is 17.1 Å². The highest BCUT2D eigenvalue weighted by molar-refractivity contribution is 6.01. The molecule has 6 amide bonds. The van der Waals surface area contributed by atoms with Crippen molar-refractivity contribution >= 4 is 75.6 Å². The largest absolute Gasteiger partial charge is 0.479 e. The number of anilines is 1. The number of cyclic esters (lactones) is 1. The van der Waals surface area contributed by atoms with Crippen molar-refractivity contribution in [1.29, 1.82) is 0 Å². The maximum atomic E-state index is 15.7. The number of aryl methyl sites for hydroxylation is 1. The number of nitrogens with one attached hydrogen (secondary N) is 5. The number of fused-ring (bicyclic) bond motifs is 7. The van der Waals surface area contributed by atoms with Crippen LogP contribution in [0.5, 0.6) is 5.75 Å². The van der Waals surface area contributed by atoms with E-state index in [1.807, 2.05) is 62.4 Å². The average molecular weight is 1420 g/mol. The predicted molar refractivity (Wildman–Crippen MR) is 369 cm³/mol. The molecule has 14 N–H and O–H groups in total. The fourth-order valence-corrected chi connectivity index (χ4v) is 13.8. The highest BCUT2D eigenvalue weighted by Gasteiger charge is 2.49. The third-order valence-corrected chi connectivity index (χ3v) is 19.5. The van der Waals surface area contributed by atoms with E-state index in [0.29, 0.717) is 80.8 Å². The molecule has 0 radical (unpaired) electrons. The number of aliphatic hydroxyl groups excluding tert-OH is 3. The summed E-state index contributed by atoms with van der Waals surface area (Å²) in [6.45, 7) is 5.63. The summed E-state index contributed by atoms with van der Waals surface area (Å²) in [5.74, 6) is 0.862. The number of aliphatic carboxylic acids is 1. The molecule has 1 saturated heterocycles. The number of nitrogens with two attached hydrogens (primary N) is 2. The number of carboxylic acid groups (broad SMARTS) is 1. The van der Waals surface area contributed by atoms with Crippen LogP contribution in [-0.2, 0) is 92.6 Å². The number of esters is 1. The summed E-state index contributed by atoms with van der Waals surface area (Å²) < 4.78 is 39.5. The average Bonchev–Trinajstić information content (AvgIpc) is 1.61. The van der Waals surface area contributed by atoms with Gasteiger partial charge in [-0.25, -0.2) is 29.6 Å². The van der Waals surface area contributed by atoms with Gasteiger partial charge >= 0.3 is 18.0 Å². The summed E-state index contributed by atoms with van der Waals surface area (Å²) in [6, 6.07) is 19.8. The fourth-order valence-electron chi connectivity index (χ4n) is 13.8. The van der Waals surface area contributed by atoms with Gasteiger partial charge in [0.25, 0.3) is 5.56 Å². The Morgan fingerprint density at radius 1 is 0.854 bits per heavy atom. The highest BCUT2D eigenvalue weighted by Crippen LogP contribution is 2.47. The van der Waals surface area contributed by atoms with Crippen molar-refractivity contribution in [3.05, 3.63) is 156 Å². The Morgan fingerprint density at radius 2 is 1.58 bits per heavy atom. The second-order valence-electron chi connectivity index (χ2n) is 26.8. The molecule has 2 aromatic heterocycles. The first kappa shape index (κ1) is 73.8. The van der Waals surface area contributed by atoms with E-state index in [0.717, 1.165) is 11.1 Å². The second kappa shape index (κ2) is 31.1. The molecule has 4 aliphatic heterocycles. The number of hydrazine groups is 1. The fraction of sp³-hybridized carbons (Fsp3) is 0.425. The Kier molecular flexibility index (Phi) is 22.3. The number of ether oxygens (including phenoxy) is 4. The van der Waals surface area contributed by atoms with Gasteiger partial charge in [-0.2, -0.15) is 0 Å². The Morgan fingerprint density at radius 3 is 2.32 bits per heavy atom. The summed E-state index contributed by atoms with van der Waals surface area (Å²) in [5, 5.41) is 68.9. The maximum Gasteiger partial charge on any atom is 0.407 e. The molecule has 1 fully saturated rings. The van der Waals surface area contributed by atoms with Gasteiger partial charge in [0.2, 0.25) is 35.8 Å². The molecule has 8 atom stereocenters. The van der Waals surface area contributed by atoms with Crippen molar-refractivity contribution in [1.82, 2.24) is 41.1 Å². The van der Waals surface area contributed by atoms with E-state index in [1.165, 1.54) is 39.9 Å². The van der Waals surface area contributed by atoms with Gasteiger partial charge in [-0.05, 0) is 103 Å². The number of amides is 6. The van der Waals surface area contributed by atoms with Crippen LogP contribution < -0.4 is 53.4 Å². The highest BCUT2D eigenvalue weighted by atomic mass is 19.1. The van der Waals surface area contributed by atoms with E-state index in [4.69, 9.17) is 35.5 Å². The minimum atomic E-state index is -2.11. The van der Waals surface area contributed by atoms with Gasteiger partial charge in [0.05, 0.1) is 58.7 Å². The van der Waals surface area contributed by atoms with E-state index in [2.05, 4.69) is 26.6 Å². The van der Waals surface area contributed by atoms with Gasteiger partial charge in [0.1, 0.15) is 49.1 Å². The Balaban J connectivity index is 0.746. The van der Waals surface area contributed by atoms with Gasteiger partial charge in [0.15, 0.2) is 11.7 Å². The van der Waals surface area contributed by atoms with Crippen LogP contribution in [0.3, 0.4) is 0 Å². The van der Waals surface area contributed by atoms with Crippen molar-refractivity contribution in [2.45, 2.75) is 173 Å². The third-order valence-electron chi connectivity index (χ3n) is 19.5. The summed E-state index contributed by atoms with van der Waals surface area (Å²) in [5.41, 5.74) is 11.5. The van der Waals surface area contributed by atoms with Crippen LogP contribution in [0.25, 0.3) is 33.7 Å². The molecule has 6 aromatic rings. The van der Waals surface area contributed by atoms with Gasteiger partial charge in [-0.1, -0.05) is 69.3 Å². The normalized spacial score (nSPS) is 21.0. The molecule has 0 bridgehead atoms. The third kappa shape index (κ3) is 15.4. The number of carboxylic acids is 1. The summed E-state index contributed by atoms with van der Waals surface area (Å²) in [4.78, 5) is 128. The zero-order valence-corrected chi connectivity index (χ0v) is 57.5. The van der Waals surface area contributed by atoms with Gasteiger partial charge in [-0.3, -0.25) is 28.8 Å². The summed E-state index contributed by atoms with van der Waals surface area (Å²) in [6.07, 6.45) is -9.47. The van der Waals surface area contributed by atoms with Crippen LogP contribution in [0.2, 0.25) is 0 Å². The number of aromatic nitrogens is 2. The molecule has 8 unspecified atom stereocenters. The minimum Gasteiger partial charge on any atom is -0.479 e. The Bertz CT molecular complexity index is 4470. The topological polar surface area (TPSA) is 428 Å². The van der Waals surface area contributed by atoms with E-state index >= 15 is 4.39 Å². The molecule has 30 heteroatoms. The van der Waals surface area contributed by atoms with Crippen LogP contribution in [0, 0.1) is 18.7 Å². The predicted octanol–water partition coefficient (Wildman–Crippen LogP) is 3.57. The SMILES string of the molecule is CCC1(O)C(=O)OCc2c1cc1n(c2=O)Cc2c-1nc1cc(F)c(C)c3c1c2C(NC(=O)OCc1ccc(OC2OC(C(=O)O)C(O)C(O)C2O)c(CNC(=O)CCNC(=O)C(CNC(=O)CCC(C)C)NC(=O)CCCCC(=O)N2Cc4ccccc4/C(N)=C(/N(C)N)c4ccccc42)c1)CC3. The van der Waals surface area contributed by atoms with Crippen molar-refractivity contribution in [2.24, 2.45) is 17.5 Å². The summed E-state index contributed by atoms with van der Waals surface area (Å²) in [7, 11) is 1.67. The smallest absolute Gasteiger partial charge is 0.407 e. The van der Waals surface area contributed by atoms with Crippen molar-refractivity contribution in [3.63, 3.8) is 0 Å². The molecule has 6 heterocycles. The first-order valence-corrected chi connectivity index (χ1v) is 34.2. The molecule has 4 aromatic carbocycles. The molecule has 0 saturated carbocycles. The molecule has 29 nitrogen and oxygen atoms in total. The zero-order valence-electron chi connectivity index (χ0n) is 57.5. The molecule has 546 valence electrons. The van der Waals surface area contributed by atoms with Gasteiger partial charge in [0, 0.05) is 91.6 Å². The molecular weight excluding hydrogens is 1340 g/mol. The first-order valence-electron chi connectivity index (χ1n) is 34.2. The minimum absolute atomic E-state index is 0.0216. The van der Waals surface area contributed by atoms with Crippen molar-refractivity contribution < 1.29 is 87.2 Å². The summed E-state index contributed by atoms with van der Waals surface area (Å²) >= 11 is 0. The van der Waals surface area contributed by atoms with Crippen LogP contribution >= 0.6 is 0 Å². The lowest BCUT2D eigenvalue weighted by atomic mass is 9.81. The molecular formula is C73H84FN11O18. The zero-order chi connectivity index (χ0) is 73.9. The van der Waals surface area contributed by atoms with Gasteiger partial charge < -0.3 is 91.3 Å². The van der Waals surface area contributed by atoms with E-state index in [9.17, 15) is 68.7 Å². The lowest BCUT2D eigenvalue weighted by Crippen LogP contribution is -2.61. The maximum absolute atomic E-state index is 15.7. The number of hydrogen-bond donors (Lipinski definition) is 12. The lowest BCUT2D eigenvalue weighted by Gasteiger charge is -2.38. The molecule has 5 aliphatic rings. The van der Waals surface area contributed by atoms with Gasteiger partial charge in [-0.15, -0.1) is 0 Å². The number of para-hydroxylation sites is 1.